The van der Waals surface area contributed by atoms with Crippen LogP contribution < -0.4 is 0 Å². The van der Waals surface area contributed by atoms with Crippen LogP contribution in [0.2, 0.25) is 0 Å². The van der Waals surface area contributed by atoms with Crippen LogP contribution >= 0.6 is 20.0 Å². The third-order valence-corrected chi connectivity index (χ3v) is 6.33. The second kappa shape index (κ2) is 6.38. The van der Waals surface area contributed by atoms with E-state index in [1.54, 1.807) is 13.4 Å². The summed E-state index contributed by atoms with van der Waals surface area (Å²) in [6, 6.07) is 10.0. The van der Waals surface area contributed by atoms with Gasteiger partial charge >= 0.3 is 97.3 Å². The second-order valence-corrected chi connectivity index (χ2v) is 10.5. The Hall–Kier alpha value is -0.117. The van der Waals surface area contributed by atoms with Gasteiger partial charge in [0.25, 0.3) is 0 Å². The Morgan fingerprint density at radius 1 is 1.29 bits per heavy atom. The number of ether oxygens (including phenoxy) is 1. The number of hydrogen-bond acceptors (Lipinski definition) is 1. The molecule has 14 heavy (non-hydrogen) atoms. The van der Waals surface area contributed by atoms with Crippen LogP contribution in [0.25, 0.3) is 0 Å². The average Bonchev–Trinajstić information content (AvgIpc) is 2.19. The van der Waals surface area contributed by atoms with Crippen LogP contribution in [0.4, 0.5) is 0 Å². The van der Waals surface area contributed by atoms with E-state index in [0.29, 0.717) is 0 Å². The summed E-state index contributed by atoms with van der Waals surface area (Å²) in [4.78, 5) is 0. The van der Waals surface area contributed by atoms with Gasteiger partial charge in [0.15, 0.2) is 0 Å². The molecule has 0 fully saturated rings. The normalized spacial score (nSPS) is 13.4. The first-order valence-electron chi connectivity index (χ1n) is 4.18. The van der Waals surface area contributed by atoms with E-state index in [1.165, 1.54) is 0 Å². The molecular weight excluding hydrogens is 280 g/mol. The van der Waals surface area contributed by atoms with Crippen molar-refractivity contribution in [2.75, 3.05) is 7.11 Å². The van der Waals surface area contributed by atoms with Gasteiger partial charge in [-0.25, -0.2) is 0 Å². The van der Waals surface area contributed by atoms with E-state index in [9.17, 15) is 0 Å². The summed E-state index contributed by atoms with van der Waals surface area (Å²) < 4.78 is 5.01. The maximum absolute atomic E-state index is 6.04. The van der Waals surface area contributed by atoms with Gasteiger partial charge in [-0.2, -0.15) is 0 Å². The Kier molecular flexibility index (Phi) is 5.45. The third kappa shape index (κ3) is 3.56. The van der Waals surface area contributed by atoms with Gasteiger partial charge in [-0.05, 0) is 0 Å². The third-order valence-electron chi connectivity index (χ3n) is 1.80. The van der Waals surface area contributed by atoms with Crippen LogP contribution in [0.15, 0.2) is 42.7 Å². The standard InChI is InChI=1S/C10H11Cl2GeO/c1-14-8-7-10(13(11)12)9-5-3-2-4-6-9/h2-8,10H,1H3/b8-7-. The first-order valence-corrected chi connectivity index (χ1v) is 10.9. The van der Waals surface area contributed by atoms with Crippen molar-refractivity contribution < 1.29 is 4.74 Å². The molecule has 0 spiro atoms. The molecule has 0 aliphatic carbocycles. The van der Waals surface area contributed by atoms with Gasteiger partial charge in [0, 0.05) is 0 Å². The van der Waals surface area contributed by atoms with Crippen LogP contribution in [-0.4, -0.2) is 19.6 Å². The second-order valence-electron chi connectivity index (χ2n) is 2.74. The van der Waals surface area contributed by atoms with Crippen molar-refractivity contribution >= 4 is 32.5 Å². The van der Waals surface area contributed by atoms with Gasteiger partial charge in [0.05, 0.1) is 0 Å². The SMILES string of the molecule is CO/C=C\[CH](c1ccccc1)[Ge]([Cl])[Cl]. The van der Waals surface area contributed by atoms with Crippen LogP contribution in [-0.2, 0) is 4.74 Å². The van der Waals surface area contributed by atoms with Crippen LogP contribution in [0.3, 0.4) is 0 Å². The molecule has 0 aliphatic heterocycles. The maximum atomic E-state index is 6.04. The van der Waals surface area contributed by atoms with E-state index in [0.717, 1.165) is 5.56 Å². The molecule has 0 bridgehead atoms. The molecule has 0 aliphatic rings. The molecule has 0 saturated heterocycles. The van der Waals surface area contributed by atoms with Crippen LogP contribution in [0, 0.1) is 0 Å². The summed E-state index contributed by atoms with van der Waals surface area (Å²) in [5, 5.41) is 0. The van der Waals surface area contributed by atoms with E-state index in [4.69, 9.17) is 24.8 Å². The quantitative estimate of drug-likeness (QED) is 0.610. The molecule has 1 rings (SSSR count). The first-order chi connectivity index (χ1) is 6.75. The van der Waals surface area contributed by atoms with Gasteiger partial charge in [-0.1, -0.05) is 0 Å². The minimum atomic E-state index is -2.03. The molecule has 0 saturated carbocycles. The number of allylic oxidation sites excluding steroid dienone is 1. The molecule has 1 nitrogen and oxygen atoms in total. The zero-order valence-electron chi connectivity index (χ0n) is 7.78. The molecule has 0 heterocycles. The van der Waals surface area contributed by atoms with Crippen molar-refractivity contribution in [3.05, 3.63) is 48.2 Å². The Bertz CT molecular complexity index is 287. The fraction of sp³-hybridized carbons (Fsp3) is 0.200. The van der Waals surface area contributed by atoms with Crippen molar-refractivity contribution in [2.24, 2.45) is 0 Å². The van der Waals surface area contributed by atoms with Crippen molar-refractivity contribution in [1.29, 1.82) is 0 Å². The van der Waals surface area contributed by atoms with E-state index >= 15 is 0 Å². The Balaban J connectivity index is 2.83. The molecule has 1 radical (unpaired) electrons. The number of hydrogen-bond donors (Lipinski definition) is 0. The van der Waals surface area contributed by atoms with Gasteiger partial charge in [-0.3, -0.25) is 0 Å². The van der Waals surface area contributed by atoms with E-state index in [1.807, 2.05) is 36.4 Å². The fourth-order valence-corrected chi connectivity index (χ4v) is 4.60. The van der Waals surface area contributed by atoms with E-state index in [-0.39, 0.29) is 4.75 Å². The predicted octanol–water partition coefficient (Wildman–Crippen LogP) is 3.44. The van der Waals surface area contributed by atoms with Crippen molar-refractivity contribution in [3.63, 3.8) is 0 Å². The van der Waals surface area contributed by atoms with Gasteiger partial charge in [-0.15, -0.1) is 0 Å². The zero-order chi connectivity index (χ0) is 10.4. The van der Waals surface area contributed by atoms with Crippen molar-refractivity contribution in [2.45, 2.75) is 4.75 Å². The number of benzene rings is 1. The number of methoxy groups -OCH3 is 1. The number of halogens is 2. The summed E-state index contributed by atoms with van der Waals surface area (Å²) in [6.07, 6.45) is 3.56. The summed E-state index contributed by atoms with van der Waals surface area (Å²) in [6.45, 7) is 0. The van der Waals surface area contributed by atoms with Gasteiger partial charge < -0.3 is 0 Å². The summed E-state index contributed by atoms with van der Waals surface area (Å²) in [5.74, 6) is 0. The molecule has 1 aromatic carbocycles. The van der Waals surface area contributed by atoms with Crippen LogP contribution in [0.1, 0.15) is 10.3 Å². The molecule has 75 valence electrons. The van der Waals surface area contributed by atoms with Gasteiger partial charge in [0.1, 0.15) is 0 Å². The van der Waals surface area contributed by atoms with E-state index < -0.39 is 12.5 Å². The Morgan fingerprint density at radius 2 is 1.93 bits per heavy atom. The van der Waals surface area contributed by atoms with Crippen molar-refractivity contribution in [1.82, 2.24) is 0 Å². The zero-order valence-corrected chi connectivity index (χ0v) is 11.4. The van der Waals surface area contributed by atoms with E-state index in [2.05, 4.69) is 0 Å². The summed E-state index contributed by atoms with van der Waals surface area (Å²) >= 11 is -2.03. The first kappa shape index (κ1) is 12.0. The molecule has 1 aromatic rings. The monoisotopic (exact) mass is 291 g/mol. The topological polar surface area (TPSA) is 9.23 Å². The Labute approximate surface area is 97.1 Å². The van der Waals surface area contributed by atoms with Crippen molar-refractivity contribution in [3.8, 4) is 0 Å². The molecule has 1 unspecified atom stereocenters. The molecule has 1 atom stereocenters. The minimum absolute atomic E-state index is 0.138. The average molecular weight is 291 g/mol. The molecule has 0 aromatic heterocycles. The molecular formula is C10H11Cl2GeO. The molecule has 0 amide bonds. The predicted molar refractivity (Wildman–Crippen MR) is 62.8 cm³/mol. The van der Waals surface area contributed by atoms with Gasteiger partial charge in [0.2, 0.25) is 0 Å². The Morgan fingerprint density at radius 3 is 2.43 bits per heavy atom. The van der Waals surface area contributed by atoms with Crippen LogP contribution in [0.5, 0.6) is 0 Å². The number of rotatable bonds is 4. The molecule has 4 heteroatoms. The fourth-order valence-electron chi connectivity index (χ4n) is 1.13. The summed E-state index contributed by atoms with van der Waals surface area (Å²) in [5.41, 5.74) is 1.15. The summed E-state index contributed by atoms with van der Waals surface area (Å²) in [7, 11) is 13.7. The molecule has 0 N–H and O–H groups in total.